The lowest BCUT2D eigenvalue weighted by molar-refractivity contribution is 0.149. The molecule has 3 rings (SSSR count). The summed E-state index contributed by atoms with van der Waals surface area (Å²) in [6.07, 6.45) is -0.473. The van der Waals surface area contributed by atoms with E-state index in [2.05, 4.69) is 16.8 Å². The van der Waals surface area contributed by atoms with Crippen LogP contribution in [0.2, 0.25) is 5.02 Å². The summed E-state index contributed by atoms with van der Waals surface area (Å²) >= 11 is 6.19. The van der Waals surface area contributed by atoms with Gasteiger partial charge in [0.1, 0.15) is 17.2 Å². The average molecular weight is 370 g/mol. The van der Waals surface area contributed by atoms with Crippen molar-refractivity contribution in [1.29, 1.82) is 0 Å². The van der Waals surface area contributed by atoms with Crippen molar-refractivity contribution in [2.75, 3.05) is 7.11 Å². The molecule has 26 heavy (non-hydrogen) atoms. The minimum absolute atomic E-state index is 0.473. The maximum atomic E-state index is 6.26. The number of methoxy groups -OCH3 is 1. The molecule has 1 unspecified atom stereocenters. The van der Waals surface area contributed by atoms with Gasteiger partial charge in [-0.15, -0.1) is 4.80 Å². The lowest BCUT2D eigenvalue weighted by Gasteiger charge is -2.22. The third kappa shape index (κ3) is 3.73. The van der Waals surface area contributed by atoms with Gasteiger partial charge in [-0.2, -0.15) is 10.2 Å². The number of hydrogen-bond donors (Lipinski definition) is 0. The van der Waals surface area contributed by atoms with Gasteiger partial charge in [0.2, 0.25) is 0 Å². The molecule has 6 heteroatoms. The molecule has 0 aliphatic rings. The van der Waals surface area contributed by atoms with E-state index in [1.807, 2.05) is 44.2 Å². The van der Waals surface area contributed by atoms with E-state index in [0.29, 0.717) is 22.2 Å². The molecule has 134 valence electrons. The van der Waals surface area contributed by atoms with Crippen molar-refractivity contribution < 1.29 is 9.47 Å². The molecule has 0 saturated heterocycles. The van der Waals surface area contributed by atoms with Crippen LogP contribution in [0.5, 0.6) is 5.75 Å². The third-order valence-electron chi connectivity index (χ3n) is 4.05. The molecule has 0 bridgehead atoms. The van der Waals surface area contributed by atoms with Gasteiger partial charge < -0.3 is 9.47 Å². The molecule has 0 saturated carbocycles. The van der Waals surface area contributed by atoms with Crippen LogP contribution in [-0.4, -0.2) is 22.1 Å². The highest BCUT2D eigenvalue weighted by atomic mass is 35.5. The minimum atomic E-state index is -0.473. The Labute approximate surface area is 157 Å². The first-order chi connectivity index (χ1) is 12.5. The van der Waals surface area contributed by atoms with Gasteiger partial charge in [0.15, 0.2) is 6.10 Å². The van der Waals surface area contributed by atoms with Crippen molar-refractivity contribution in [3.05, 3.63) is 82.8 Å². The van der Waals surface area contributed by atoms with E-state index in [-0.39, 0.29) is 0 Å². The molecule has 0 N–H and O–H groups in total. The Bertz CT molecular complexity index is 903. The van der Waals surface area contributed by atoms with Gasteiger partial charge in [-0.1, -0.05) is 48.5 Å². The number of hydrogen-bond acceptors (Lipinski definition) is 4. The van der Waals surface area contributed by atoms with Crippen molar-refractivity contribution in [2.45, 2.75) is 20.0 Å². The van der Waals surface area contributed by atoms with Crippen LogP contribution in [0.15, 0.2) is 60.9 Å². The summed E-state index contributed by atoms with van der Waals surface area (Å²) in [7, 11) is 1.58. The van der Waals surface area contributed by atoms with E-state index in [4.69, 9.17) is 21.1 Å². The fourth-order valence-corrected chi connectivity index (χ4v) is 2.65. The van der Waals surface area contributed by atoms with E-state index in [1.54, 1.807) is 25.3 Å². The molecular formula is C20H20ClN3O2. The molecule has 0 fully saturated rings. The van der Waals surface area contributed by atoms with Gasteiger partial charge >= 0.3 is 0 Å². The summed E-state index contributed by atoms with van der Waals surface area (Å²) in [6, 6.07) is 15.1. The molecule has 0 aliphatic heterocycles. The summed E-state index contributed by atoms with van der Waals surface area (Å²) < 4.78 is 11.6. The fourth-order valence-electron chi connectivity index (χ4n) is 2.49. The Hall–Kier alpha value is -2.79. The Morgan fingerprint density at radius 2 is 1.73 bits per heavy atom. The van der Waals surface area contributed by atoms with Crippen molar-refractivity contribution in [3.63, 3.8) is 0 Å². The Balaban J connectivity index is 2.04. The molecule has 2 aromatic carbocycles. The van der Waals surface area contributed by atoms with E-state index in [1.165, 1.54) is 4.80 Å². The zero-order chi connectivity index (χ0) is 18.7. The standard InChI is InChI=1S/C20H20ClN3O2/c1-13-14(2)23-24(22-13)18-12-17(21)10-11-19(18)26-20(15(3)25-4)16-8-6-5-7-9-16/h5-12,20H,3H2,1-2,4H3. The maximum absolute atomic E-state index is 6.26. The maximum Gasteiger partial charge on any atom is 0.180 e. The highest BCUT2D eigenvalue weighted by Gasteiger charge is 2.21. The van der Waals surface area contributed by atoms with Crippen LogP contribution < -0.4 is 4.74 Å². The van der Waals surface area contributed by atoms with Crippen LogP contribution in [0.25, 0.3) is 5.69 Å². The lowest BCUT2D eigenvalue weighted by atomic mass is 10.1. The van der Waals surface area contributed by atoms with Gasteiger partial charge in [-0.05, 0) is 37.6 Å². The van der Waals surface area contributed by atoms with Crippen LogP contribution in [0.1, 0.15) is 23.1 Å². The van der Waals surface area contributed by atoms with Crippen molar-refractivity contribution in [3.8, 4) is 11.4 Å². The van der Waals surface area contributed by atoms with Crippen LogP contribution in [-0.2, 0) is 4.74 Å². The first-order valence-electron chi connectivity index (χ1n) is 8.14. The summed E-state index contributed by atoms with van der Waals surface area (Å²) in [5, 5.41) is 9.45. The monoisotopic (exact) mass is 369 g/mol. The molecule has 1 atom stereocenters. The number of ether oxygens (including phenoxy) is 2. The van der Waals surface area contributed by atoms with Crippen LogP contribution in [0, 0.1) is 13.8 Å². The first kappa shape index (κ1) is 18.0. The molecule has 5 nitrogen and oxygen atoms in total. The first-order valence-corrected chi connectivity index (χ1v) is 8.52. The zero-order valence-electron chi connectivity index (χ0n) is 14.9. The average Bonchev–Trinajstić information content (AvgIpc) is 2.99. The molecule has 3 aromatic rings. The topological polar surface area (TPSA) is 49.2 Å². The predicted octanol–water partition coefficient (Wildman–Crippen LogP) is 4.82. The molecule has 0 radical (unpaired) electrons. The Morgan fingerprint density at radius 3 is 2.35 bits per heavy atom. The fraction of sp³-hybridized carbons (Fsp3) is 0.200. The van der Waals surface area contributed by atoms with E-state index >= 15 is 0 Å². The minimum Gasteiger partial charge on any atom is -0.497 e. The third-order valence-corrected chi connectivity index (χ3v) is 4.29. The van der Waals surface area contributed by atoms with Gasteiger partial charge in [0, 0.05) is 5.02 Å². The van der Waals surface area contributed by atoms with Crippen molar-refractivity contribution in [1.82, 2.24) is 15.0 Å². The summed E-state index contributed by atoms with van der Waals surface area (Å²) in [5.41, 5.74) is 3.27. The molecule has 0 amide bonds. The largest absolute Gasteiger partial charge is 0.497 e. The number of aromatic nitrogens is 3. The molecule has 0 aliphatic carbocycles. The Morgan fingerprint density at radius 1 is 1.08 bits per heavy atom. The smallest absolute Gasteiger partial charge is 0.180 e. The second-order valence-electron chi connectivity index (χ2n) is 5.85. The molecule has 1 heterocycles. The predicted molar refractivity (Wildman–Crippen MR) is 102 cm³/mol. The van der Waals surface area contributed by atoms with Crippen LogP contribution in [0.3, 0.4) is 0 Å². The number of aryl methyl sites for hydroxylation is 2. The van der Waals surface area contributed by atoms with Crippen molar-refractivity contribution >= 4 is 11.6 Å². The number of benzene rings is 2. The number of halogens is 1. The van der Waals surface area contributed by atoms with E-state index < -0.39 is 6.10 Å². The normalized spacial score (nSPS) is 11.8. The molecule has 0 spiro atoms. The van der Waals surface area contributed by atoms with Gasteiger partial charge in [-0.25, -0.2) is 0 Å². The lowest BCUT2D eigenvalue weighted by Crippen LogP contribution is -2.13. The summed E-state index contributed by atoms with van der Waals surface area (Å²) in [6.45, 7) is 7.79. The second-order valence-corrected chi connectivity index (χ2v) is 6.29. The van der Waals surface area contributed by atoms with Crippen LogP contribution in [0.4, 0.5) is 0 Å². The highest BCUT2D eigenvalue weighted by Crippen LogP contribution is 2.33. The van der Waals surface area contributed by atoms with Crippen molar-refractivity contribution in [2.24, 2.45) is 0 Å². The molecule has 1 aromatic heterocycles. The summed E-state index contributed by atoms with van der Waals surface area (Å²) in [4.78, 5) is 1.53. The van der Waals surface area contributed by atoms with E-state index in [0.717, 1.165) is 17.0 Å². The van der Waals surface area contributed by atoms with Crippen LogP contribution >= 0.6 is 11.6 Å². The van der Waals surface area contributed by atoms with Gasteiger partial charge in [0.05, 0.1) is 18.5 Å². The number of nitrogens with zero attached hydrogens (tertiary/aromatic N) is 3. The van der Waals surface area contributed by atoms with E-state index in [9.17, 15) is 0 Å². The van der Waals surface area contributed by atoms with Gasteiger partial charge in [-0.3, -0.25) is 0 Å². The summed E-state index contributed by atoms with van der Waals surface area (Å²) in [5.74, 6) is 1.08. The highest BCUT2D eigenvalue weighted by molar-refractivity contribution is 6.30. The zero-order valence-corrected chi connectivity index (χ0v) is 15.7. The number of rotatable bonds is 6. The molecular weight excluding hydrogens is 350 g/mol. The Kier molecular flexibility index (Phi) is 5.28. The van der Waals surface area contributed by atoms with Gasteiger partial charge in [0.25, 0.3) is 0 Å². The second kappa shape index (κ2) is 7.62. The quantitative estimate of drug-likeness (QED) is 0.584. The SMILES string of the molecule is C=C(OC)C(Oc1ccc(Cl)cc1-n1nc(C)c(C)n1)c1ccccc1.